The Bertz CT molecular complexity index is 906. The molecule has 9 heteroatoms. The number of carbonyl (C=O) groups excluding carboxylic acids is 1. The lowest BCUT2D eigenvalue weighted by molar-refractivity contribution is -0.384. The third-order valence-electron chi connectivity index (χ3n) is 3.63. The van der Waals surface area contributed by atoms with Gasteiger partial charge in [0.2, 0.25) is 0 Å². The molecular formula is C17H14N2O5S2. The minimum absolute atomic E-state index is 0.0144. The molecule has 134 valence electrons. The van der Waals surface area contributed by atoms with E-state index in [1.165, 1.54) is 28.8 Å². The SMILES string of the molecule is COCCN1C(=O)C(=Cc2ccc(-c3cccc([N+](=O)[O-])c3)o2)SC1=S. The number of hydrogen-bond acceptors (Lipinski definition) is 7. The number of benzene rings is 1. The van der Waals surface area contributed by atoms with Gasteiger partial charge in [-0.25, -0.2) is 0 Å². The number of nitro groups is 1. The molecule has 1 amide bonds. The van der Waals surface area contributed by atoms with E-state index < -0.39 is 4.92 Å². The summed E-state index contributed by atoms with van der Waals surface area (Å²) in [5.41, 5.74) is 0.575. The molecule has 26 heavy (non-hydrogen) atoms. The van der Waals surface area contributed by atoms with E-state index >= 15 is 0 Å². The van der Waals surface area contributed by atoms with E-state index in [1.807, 2.05) is 0 Å². The summed E-state index contributed by atoms with van der Waals surface area (Å²) in [6.45, 7) is 0.799. The van der Waals surface area contributed by atoms with Crippen LogP contribution in [0.1, 0.15) is 5.76 Å². The number of non-ortho nitro benzene ring substituents is 1. The Hall–Kier alpha value is -2.49. The number of carbonyl (C=O) groups is 1. The first-order chi connectivity index (χ1) is 12.5. The van der Waals surface area contributed by atoms with Gasteiger partial charge in [-0.05, 0) is 12.1 Å². The van der Waals surface area contributed by atoms with Crippen LogP contribution in [0.15, 0.2) is 45.7 Å². The lowest BCUT2D eigenvalue weighted by Gasteiger charge is -2.12. The molecular weight excluding hydrogens is 376 g/mol. The maximum atomic E-state index is 12.4. The summed E-state index contributed by atoms with van der Waals surface area (Å²) >= 11 is 6.42. The van der Waals surface area contributed by atoms with E-state index in [-0.39, 0.29) is 11.6 Å². The summed E-state index contributed by atoms with van der Waals surface area (Å²) in [5.74, 6) is 0.763. The predicted octanol–water partition coefficient (Wildman–Crippen LogP) is 3.70. The van der Waals surface area contributed by atoms with Crippen LogP contribution in [0.2, 0.25) is 0 Å². The molecule has 1 aromatic carbocycles. The molecule has 0 bridgehead atoms. The maximum absolute atomic E-state index is 12.4. The van der Waals surface area contributed by atoms with E-state index in [4.69, 9.17) is 21.4 Å². The number of rotatable bonds is 6. The highest BCUT2D eigenvalue weighted by atomic mass is 32.2. The molecule has 0 radical (unpaired) electrons. The number of thiocarbonyl (C=S) groups is 1. The fourth-order valence-electron chi connectivity index (χ4n) is 2.36. The van der Waals surface area contributed by atoms with Crippen LogP contribution in [0.3, 0.4) is 0 Å². The summed E-state index contributed by atoms with van der Waals surface area (Å²) < 4.78 is 11.2. The first-order valence-corrected chi connectivity index (χ1v) is 8.81. The predicted molar refractivity (Wildman–Crippen MR) is 103 cm³/mol. The molecule has 0 atom stereocenters. The third kappa shape index (κ3) is 3.85. The Morgan fingerprint density at radius 1 is 1.38 bits per heavy atom. The van der Waals surface area contributed by atoms with Gasteiger partial charge in [-0.2, -0.15) is 0 Å². The monoisotopic (exact) mass is 390 g/mol. The van der Waals surface area contributed by atoms with Crippen LogP contribution < -0.4 is 0 Å². The molecule has 2 aromatic rings. The number of ether oxygens (including phenoxy) is 1. The lowest BCUT2D eigenvalue weighted by Crippen LogP contribution is -2.31. The van der Waals surface area contributed by atoms with Crippen LogP contribution in [-0.4, -0.2) is 40.3 Å². The Kier molecular flexibility index (Phi) is 5.50. The molecule has 1 aromatic heterocycles. The van der Waals surface area contributed by atoms with Crippen molar-refractivity contribution in [3.8, 4) is 11.3 Å². The highest BCUT2D eigenvalue weighted by Gasteiger charge is 2.31. The van der Waals surface area contributed by atoms with Crippen molar-refractivity contribution in [1.82, 2.24) is 4.90 Å². The second kappa shape index (κ2) is 7.81. The Labute approximate surface area is 158 Å². The van der Waals surface area contributed by atoms with Crippen molar-refractivity contribution >= 4 is 46.0 Å². The number of hydrogen-bond donors (Lipinski definition) is 0. The van der Waals surface area contributed by atoms with Crippen LogP contribution in [-0.2, 0) is 9.53 Å². The number of nitrogens with zero attached hydrogens (tertiary/aromatic N) is 2. The number of methoxy groups -OCH3 is 1. The van der Waals surface area contributed by atoms with Crippen molar-refractivity contribution in [2.24, 2.45) is 0 Å². The van der Waals surface area contributed by atoms with E-state index in [0.717, 1.165) is 0 Å². The molecule has 0 saturated carbocycles. The summed E-state index contributed by atoms with van der Waals surface area (Å²) in [6, 6.07) is 9.58. The Morgan fingerprint density at radius 3 is 2.92 bits per heavy atom. The molecule has 1 saturated heterocycles. The van der Waals surface area contributed by atoms with Gasteiger partial charge >= 0.3 is 0 Å². The van der Waals surface area contributed by atoms with E-state index in [2.05, 4.69) is 0 Å². The van der Waals surface area contributed by atoms with Gasteiger partial charge in [0, 0.05) is 30.9 Å². The Balaban J connectivity index is 1.81. The van der Waals surface area contributed by atoms with E-state index in [1.54, 1.807) is 37.5 Å². The standard InChI is InChI=1S/C17H14N2O5S2/c1-23-8-7-18-16(20)15(26-17(18)25)10-13-5-6-14(24-13)11-3-2-4-12(9-11)19(21)22/h2-6,9-10H,7-8H2,1H3. The summed E-state index contributed by atoms with van der Waals surface area (Å²) in [4.78, 5) is 24.8. The first-order valence-electron chi connectivity index (χ1n) is 7.58. The minimum atomic E-state index is -0.460. The fraction of sp³-hybridized carbons (Fsp3) is 0.176. The highest BCUT2D eigenvalue weighted by molar-refractivity contribution is 8.26. The minimum Gasteiger partial charge on any atom is -0.457 e. The van der Waals surface area contributed by atoms with Gasteiger partial charge < -0.3 is 9.15 Å². The van der Waals surface area contributed by atoms with Gasteiger partial charge in [-0.15, -0.1) is 0 Å². The van der Waals surface area contributed by atoms with E-state index in [9.17, 15) is 14.9 Å². The molecule has 0 spiro atoms. The molecule has 1 aliphatic rings. The second-order valence-electron chi connectivity index (χ2n) is 5.34. The van der Waals surface area contributed by atoms with Crippen LogP contribution in [0.25, 0.3) is 17.4 Å². The molecule has 0 N–H and O–H groups in total. The maximum Gasteiger partial charge on any atom is 0.270 e. The second-order valence-corrected chi connectivity index (χ2v) is 7.01. The van der Waals surface area contributed by atoms with Crippen molar-refractivity contribution in [2.75, 3.05) is 20.3 Å². The molecule has 3 rings (SSSR count). The van der Waals surface area contributed by atoms with Crippen molar-refractivity contribution in [3.63, 3.8) is 0 Å². The topological polar surface area (TPSA) is 85.8 Å². The smallest absolute Gasteiger partial charge is 0.270 e. The van der Waals surface area contributed by atoms with Gasteiger partial charge in [-0.1, -0.05) is 36.1 Å². The van der Waals surface area contributed by atoms with E-state index in [0.29, 0.717) is 39.5 Å². The molecule has 2 heterocycles. The summed E-state index contributed by atoms with van der Waals surface area (Å²) in [7, 11) is 1.56. The zero-order valence-electron chi connectivity index (χ0n) is 13.7. The zero-order valence-corrected chi connectivity index (χ0v) is 15.3. The number of furan rings is 1. The zero-order chi connectivity index (χ0) is 18.7. The van der Waals surface area contributed by atoms with Crippen molar-refractivity contribution in [1.29, 1.82) is 0 Å². The van der Waals surface area contributed by atoms with Gasteiger partial charge in [0.05, 0.1) is 23.0 Å². The van der Waals surface area contributed by atoms with Crippen molar-refractivity contribution in [3.05, 3.63) is 57.2 Å². The van der Waals surface area contributed by atoms with Crippen LogP contribution in [0, 0.1) is 10.1 Å². The van der Waals surface area contributed by atoms with Crippen molar-refractivity contribution < 1.29 is 18.9 Å². The summed E-state index contributed by atoms with van der Waals surface area (Å²) in [5, 5.41) is 10.9. The van der Waals surface area contributed by atoms with Crippen LogP contribution >= 0.6 is 24.0 Å². The lowest BCUT2D eigenvalue weighted by atomic mass is 10.1. The average Bonchev–Trinajstić information content (AvgIpc) is 3.19. The average molecular weight is 390 g/mol. The van der Waals surface area contributed by atoms with Crippen LogP contribution in [0.5, 0.6) is 0 Å². The molecule has 7 nitrogen and oxygen atoms in total. The Morgan fingerprint density at radius 2 is 2.19 bits per heavy atom. The fourth-order valence-corrected chi connectivity index (χ4v) is 3.65. The molecule has 1 fully saturated rings. The number of amides is 1. The third-order valence-corrected chi connectivity index (χ3v) is 5.01. The largest absolute Gasteiger partial charge is 0.457 e. The van der Waals surface area contributed by atoms with Gasteiger partial charge in [0.1, 0.15) is 15.8 Å². The van der Waals surface area contributed by atoms with Crippen LogP contribution in [0.4, 0.5) is 5.69 Å². The molecule has 0 unspecified atom stereocenters. The van der Waals surface area contributed by atoms with Gasteiger partial charge in [0.15, 0.2) is 0 Å². The quantitative estimate of drug-likeness (QED) is 0.322. The van der Waals surface area contributed by atoms with Crippen molar-refractivity contribution in [2.45, 2.75) is 0 Å². The van der Waals surface area contributed by atoms with Gasteiger partial charge in [0.25, 0.3) is 11.6 Å². The van der Waals surface area contributed by atoms with Gasteiger partial charge in [-0.3, -0.25) is 19.8 Å². The normalized spacial score (nSPS) is 15.9. The number of thioether (sulfide) groups is 1. The highest BCUT2D eigenvalue weighted by Crippen LogP contribution is 2.33. The first kappa shape index (κ1) is 18.3. The number of nitro benzene ring substituents is 1. The molecule has 0 aliphatic carbocycles. The molecule has 1 aliphatic heterocycles. The summed E-state index contributed by atoms with van der Waals surface area (Å²) in [6.07, 6.45) is 1.62.